The lowest BCUT2D eigenvalue weighted by Gasteiger charge is -2.19. The van der Waals surface area contributed by atoms with E-state index in [1.54, 1.807) is 7.11 Å². The average molecular weight is 276 g/mol. The van der Waals surface area contributed by atoms with Gasteiger partial charge in [0.2, 0.25) is 5.91 Å². The van der Waals surface area contributed by atoms with E-state index in [1.807, 2.05) is 19.1 Å². The van der Waals surface area contributed by atoms with Gasteiger partial charge in [0.25, 0.3) is 0 Å². The van der Waals surface area contributed by atoms with Crippen molar-refractivity contribution < 1.29 is 9.53 Å². The number of ether oxygens (including phenoxy) is 1. The number of benzene rings is 1. The second-order valence-corrected chi connectivity index (χ2v) is 5.25. The smallest absolute Gasteiger partial charge is 0.221 e. The van der Waals surface area contributed by atoms with Crippen molar-refractivity contribution in [3.05, 3.63) is 29.8 Å². The summed E-state index contributed by atoms with van der Waals surface area (Å²) in [5, 5.41) is 6.35. The fourth-order valence-electron chi connectivity index (χ4n) is 2.42. The standard InChI is InChI=1S/C16H24N2O2/c1-3-17-15(19)10-11-18-16(12-4-5-12)13-6-8-14(20-2)9-7-13/h6-9,12,16,18H,3-5,10-11H2,1-2H3,(H,17,19). The van der Waals surface area contributed by atoms with Crippen LogP contribution in [0.25, 0.3) is 0 Å². The number of hydrogen-bond donors (Lipinski definition) is 2. The minimum absolute atomic E-state index is 0.115. The molecule has 4 nitrogen and oxygen atoms in total. The summed E-state index contributed by atoms with van der Waals surface area (Å²) in [6.07, 6.45) is 3.07. The molecular weight excluding hydrogens is 252 g/mol. The largest absolute Gasteiger partial charge is 0.497 e. The predicted octanol–water partition coefficient (Wildman–Crippen LogP) is 2.26. The first-order valence-electron chi connectivity index (χ1n) is 7.38. The maximum Gasteiger partial charge on any atom is 0.221 e. The number of nitrogens with one attached hydrogen (secondary N) is 2. The van der Waals surface area contributed by atoms with Gasteiger partial charge in [0, 0.05) is 25.6 Å². The van der Waals surface area contributed by atoms with Gasteiger partial charge in [-0.25, -0.2) is 0 Å². The Bertz CT molecular complexity index is 427. The van der Waals surface area contributed by atoms with Crippen LogP contribution in [-0.2, 0) is 4.79 Å². The molecule has 0 radical (unpaired) electrons. The average Bonchev–Trinajstić information content (AvgIpc) is 3.29. The summed E-state index contributed by atoms with van der Waals surface area (Å²) in [6.45, 7) is 3.36. The molecule has 0 saturated heterocycles. The van der Waals surface area contributed by atoms with Crippen molar-refractivity contribution in [2.45, 2.75) is 32.2 Å². The van der Waals surface area contributed by atoms with Crippen LogP contribution in [0.15, 0.2) is 24.3 Å². The van der Waals surface area contributed by atoms with Gasteiger partial charge in [-0.2, -0.15) is 0 Å². The van der Waals surface area contributed by atoms with E-state index in [4.69, 9.17) is 4.74 Å². The lowest BCUT2D eigenvalue weighted by molar-refractivity contribution is -0.120. The molecule has 1 atom stereocenters. The van der Waals surface area contributed by atoms with E-state index in [0.29, 0.717) is 24.9 Å². The Morgan fingerprint density at radius 1 is 1.35 bits per heavy atom. The van der Waals surface area contributed by atoms with Gasteiger partial charge < -0.3 is 15.4 Å². The van der Waals surface area contributed by atoms with Crippen LogP contribution in [0, 0.1) is 5.92 Å². The van der Waals surface area contributed by atoms with E-state index in [2.05, 4.69) is 22.8 Å². The van der Waals surface area contributed by atoms with Crippen LogP contribution in [0.2, 0.25) is 0 Å². The molecule has 1 saturated carbocycles. The third-order valence-corrected chi connectivity index (χ3v) is 3.66. The zero-order valence-electron chi connectivity index (χ0n) is 12.3. The predicted molar refractivity (Wildman–Crippen MR) is 79.8 cm³/mol. The Morgan fingerprint density at radius 3 is 2.60 bits per heavy atom. The fraction of sp³-hybridized carbons (Fsp3) is 0.562. The Morgan fingerprint density at radius 2 is 2.05 bits per heavy atom. The molecule has 0 spiro atoms. The van der Waals surface area contributed by atoms with Crippen LogP contribution in [0.5, 0.6) is 5.75 Å². The quantitative estimate of drug-likeness (QED) is 0.766. The van der Waals surface area contributed by atoms with Gasteiger partial charge in [-0.3, -0.25) is 4.79 Å². The highest BCUT2D eigenvalue weighted by molar-refractivity contribution is 5.75. The molecule has 1 aliphatic rings. The van der Waals surface area contributed by atoms with Crippen molar-refractivity contribution in [2.24, 2.45) is 5.92 Å². The molecule has 1 aliphatic carbocycles. The molecule has 1 amide bonds. The van der Waals surface area contributed by atoms with Gasteiger partial charge in [-0.05, 0) is 43.4 Å². The van der Waals surface area contributed by atoms with Crippen LogP contribution < -0.4 is 15.4 Å². The van der Waals surface area contributed by atoms with E-state index in [0.717, 1.165) is 12.3 Å². The van der Waals surface area contributed by atoms with Crippen LogP contribution in [0.4, 0.5) is 0 Å². The van der Waals surface area contributed by atoms with Crippen molar-refractivity contribution in [3.63, 3.8) is 0 Å². The Kier molecular flexibility index (Phi) is 5.41. The summed E-state index contributed by atoms with van der Waals surface area (Å²) in [7, 11) is 1.68. The molecule has 2 N–H and O–H groups in total. The van der Waals surface area contributed by atoms with Crippen molar-refractivity contribution in [2.75, 3.05) is 20.2 Å². The molecule has 1 fully saturated rings. The van der Waals surface area contributed by atoms with E-state index in [1.165, 1.54) is 18.4 Å². The van der Waals surface area contributed by atoms with E-state index in [9.17, 15) is 4.79 Å². The van der Waals surface area contributed by atoms with E-state index >= 15 is 0 Å². The SMILES string of the molecule is CCNC(=O)CCNC(c1ccc(OC)cc1)C1CC1. The van der Waals surface area contributed by atoms with Crippen LogP contribution in [0.1, 0.15) is 37.8 Å². The highest BCUT2D eigenvalue weighted by atomic mass is 16.5. The van der Waals surface area contributed by atoms with Crippen LogP contribution in [0.3, 0.4) is 0 Å². The normalized spacial score (nSPS) is 15.7. The van der Waals surface area contributed by atoms with Crippen molar-refractivity contribution in [1.29, 1.82) is 0 Å². The second kappa shape index (κ2) is 7.29. The maximum atomic E-state index is 11.5. The maximum absolute atomic E-state index is 11.5. The summed E-state index contributed by atoms with van der Waals surface area (Å²) >= 11 is 0. The second-order valence-electron chi connectivity index (χ2n) is 5.25. The minimum Gasteiger partial charge on any atom is -0.497 e. The lowest BCUT2D eigenvalue weighted by Crippen LogP contribution is -2.30. The molecular formula is C16H24N2O2. The van der Waals surface area contributed by atoms with Gasteiger partial charge in [0.05, 0.1) is 7.11 Å². The van der Waals surface area contributed by atoms with Crippen molar-refractivity contribution in [3.8, 4) is 5.75 Å². The fourth-order valence-corrected chi connectivity index (χ4v) is 2.42. The van der Waals surface area contributed by atoms with Gasteiger partial charge in [0.15, 0.2) is 0 Å². The summed E-state index contributed by atoms with van der Waals surface area (Å²) in [5.41, 5.74) is 1.28. The monoisotopic (exact) mass is 276 g/mol. The molecule has 20 heavy (non-hydrogen) atoms. The highest BCUT2D eigenvalue weighted by Crippen LogP contribution is 2.41. The first kappa shape index (κ1) is 14.9. The van der Waals surface area contributed by atoms with Gasteiger partial charge in [0.1, 0.15) is 5.75 Å². The van der Waals surface area contributed by atoms with Gasteiger partial charge in [-0.15, -0.1) is 0 Å². The van der Waals surface area contributed by atoms with Crippen LogP contribution in [-0.4, -0.2) is 26.1 Å². The molecule has 1 aromatic carbocycles. The van der Waals surface area contributed by atoms with Crippen LogP contribution >= 0.6 is 0 Å². The first-order chi connectivity index (χ1) is 9.74. The number of carbonyl (C=O) groups is 1. The zero-order valence-corrected chi connectivity index (χ0v) is 12.3. The molecule has 0 bridgehead atoms. The van der Waals surface area contributed by atoms with Crippen molar-refractivity contribution in [1.82, 2.24) is 10.6 Å². The third-order valence-electron chi connectivity index (χ3n) is 3.66. The first-order valence-corrected chi connectivity index (χ1v) is 7.38. The number of rotatable bonds is 8. The number of hydrogen-bond acceptors (Lipinski definition) is 3. The summed E-state index contributed by atoms with van der Waals surface area (Å²) in [5.74, 6) is 1.70. The summed E-state index contributed by atoms with van der Waals surface area (Å²) in [6, 6.07) is 8.57. The summed E-state index contributed by atoms with van der Waals surface area (Å²) in [4.78, 5) is 11.5. The Labute approximate surface area is 120 Å². The zero-order chi connectivity index (χ0) is 14.4. The Hall–Kier alpha value is -1.55. The molecule has 2 rings (SSSR count). The van der Waals surface area contributed by atoms with Crippen molar-refractivity contribution >= 4 is 5.91 Å². The number of methoxy groups -OCH3 is 1. The minimum atomic E-state index is 0.115. The topological polar surface area (TPSA) is 50.4 Å². The summed E-state index contributed by atoms with van der Waals surface area (Å²) < 4.78 is 5.19. The molecule has 1 unspecified atom stereocenters. The van der Waals surface area contributed by atoms with E-state index < -0.39 is 0 Å². The van der Waals surface area contributed by atoms with E-state index in [-0.39, 0.29) is 5.91 Å². The molecule has 0 aromatic heterocycles. The molecule has 1 aromatic rings. The highest BCUT2D eigenvalue weighted by Gasteiger charge is 2.31. The molecule has 4 heteroatoms. The molecule has 0 heterocycles. The third kappa shape index (κ3) is 4.23. The number of amides is 1. The molecule has 0 aliphatic heterocycles. The molecule has 110 valence electrons. The lowest BCUT2D eigenvalue weighted by atomic mass is 10.0. The van der Waals surface area contributed by atoms with Gasteiger partial charge in [-0.1, -0.05) is 12.1 Å². The number of carbonyl (C=O) groups excluding carboxylic acids is 1. The van der Waals surface area contributed by atoms with Gasteiger partial charge >= 0.3 is 0 Å². The Balaban J connectivity index is 1.88.